The van der Waals surface area contributed by atoms with Crippen LogP contribution in [0.15, 0.2) is 39.6 Å². The zero-order valence-corrected chi connectivity index (χ0v) is 17.7. The summed E-state index contributed by atoms with van der Waals surface area (Å²) < 4.78 is 50.3. The molecule has 0 saturated heterocycles. The zero-order chi connectivity index (χ0) is 23.7. The summed E-state index contributed by atoms with van der Waals surface area (Å²) in [5, 5.41) is 8.59. The first-order valence-electron chi connectivity index (χ1n) is 8.32. The fourth-order valence-corrected chi connectivity index (χ4v) is 3.12. The minimum Gasteiger partial charge on any atom is -0.497 e. The summed E-state index contributed by atoms with van der Waals surface area (Å²) in [6.45, 7) is 1.44. The molecule has 1 aromatic carbocycles. The van der Waals surface area contributed by atoms with E-state index < -0.39 is 35.2 Å². The molecule has 0 aliphatic carbocycles. The maximum absolute atomic E-state index is 13.1. The molecule has 2 aromatic rings. The van der Waals surface area contributed by atoms with Gasteiger partial charge in [-0.15, -0.1) is 0 Å². The van der Waals surface area contributed by atoms with Crippen molar-refractivity contribution in [2.45, 2.75) is 19.2 Å². The molecule has 1 atom stereocenters. The lowest BCUT2D eigenvalue weighted by Crippen LogP contribution is -2.40. The number of carbonyl (C=O) groups is 1. The number of hydrogen-bond donors (Lipinski definition) is 1. The number of methoxy groups -OCH3 is 1. The maximum atomic E-state index is 13.1. The summed E-state index contributed by atoms with van der Waals surface area (Å²) >= 11 is 12.2. The van der Waals surface area contributed by atoms with Gasteiger partial charge >= 0.3 is 17.8 Å². The van der Waals surface area contributed by atoms with Gasteiger partial charge in [0.25, 0.3) is 5.56 Å². The Morgan fingerprint density at radius 3 is 2.32 bits per heavy atom. The van der Waals surface area contributed by atoms with Crippen molar-refractivity contribution in [3.8, 4) is 11.4 Å². The van der Waals surface area contributed by atoms with Crippen molar-refractivity contribution >= 4 is 29.2 Å². The third-order valence-corrected chi connectivity index (χ3v) is 4.66. The van der Waals surface area contributed by atoms with Crippen LogP contribution < -0.4 is 16.0 Å². The zero-order valence-electron chi connectivity index (χ0n) is 16.2. The Morgan fingerprint density at radius 2 is 1.81 bits per heavy atom. The van der Waals surface area contributed by atoms with Crippen LogP contribution in [0, 0.1) is 0 Å². The van der Waals surface area contributed by atoms with Gasteiger partial charge in [-0.25, -0.2) is 14.2 Å². The van der Waals surface area contributed by atoms with E-state index in [2.05, 4.69) is 0 Å². The van der Waals surface area contributed by atoms with Gasteiger partial charge in [0.1, 0.15) is 17.2 Å². The lowest BCUT2D eigenvalue weighted by molar-refractivity contribution is -0.144. The van der Waals surface area contributed by atoms with Crippen LogP contribution in [-0.2, 0) is 22.8 Å². The predicted molar refractivity (Wildman–Crippen MR) is 105 cm³/mol. The number of hydrogen-bond acceptors (Lipinski definition) is 5. The largest absolute Gasteiger partial charge is 0.497 e. The number of carboxylic acids is 1. The van der Waals surface area contributed by atoms with E-state index in [1.807, 2.05) is 0 Å². The molecular formula is C18H15Cl2F3N2O6. The Balaban J connectivity index is 2.64. The summed E-state index contributed by atoms with van der Waals surface area (Å²) in [4.78, 5) is 35.7. The molecule has 1 unspecified atom stereocenters. The van der Waals surface area contributed by atoms with Crippen LogP contribution in [0.5, 0.6) is 5.75 Å². The molecule has 0 aliphatic heterocycles. The van der Waals surface area contributed by atoms with E-state index in [9.17, 15) is 27.6 Å². The number of ether oxygens (including phenoxy) is 2. The van der Waals surface area contributed by atoms with Gasteiger partial charge in [-0.05, 0) is 13.0 Å². The van der Waals surface area contributed by atoms with Crippen LogP contribution in [0.1, 0.15) is 12.6 Å². The van der Waals surface area contributed by atoms with Gasteiger partial charge in [0.2, 0.25) is 0 Å². The molecule has 0 spiro atoms. The second-order valence-electron chi connectivity index (χ2n) is 6.13. The Labute approximate surface area is 182 Å². The molecule has 8 nitrogen and oxygen atoms in total. The minimum absolute atomic E-state index is 0.0665. The van der Waals surface area contributed by atoms with Gasteiger partial charge in [0.15, 0.2) is 6.10 Å². The molecule has 13 heteroatoms. The smallest absolute Gasteiger partial charge is 0.431 e. The Bertz CT molecular complexity index is 1170. The SMILES string of the molecule is CO/C(=C\C(=O)O)C(C)Oc1cc(-n2c(=O)cc(C(F)(F)F)n(C)c2=O)c(Cl)cc1Cl. The molecule has 0 aliphatic rings. The van der Waals surface area contributed by atoms with Crippen LogP contribution in [-0.4, -0.2) is 33.4 Å². The number of carboxylic acid groups (broad SMARTS) is 1. The van der Waals surface area contributed by atoms with E-state index >= 15 is 0 Å². The normalized spacial score (nSPS) is 13.1. The second-order valence-corrected chi connectivity index (χ2v) is 6.94. The molecule has 1 aromatic heterocycles. The monoisotopic (exact) mass is 482 g/mol. The number of nitrogens with zero attached hydrogens (tertiary/aromatic N) is 2. The minimum atomic E-state index is -4.92. The number of halogens is 5. The van der Waals surface area contributed by atoms with Crippen LogP contribution >= 0.6 is 23.2 Å². The van der Waals surface area contributed by atoms with Crippen molar-refractivity contribution in [3.63, 3.8) is 0 Å². The predicted octanol–water partition coefficient (Wildman–Crippen LogP) is 3.24. The van der Waals surface area contributed by atoms with Gasteiger partial charge in [-0.1, -0.05) is 23.2 Å². The van der Waals surface area contributed by atoms with E-state index in [-0.39, 0.29) is 37.9 Å². The number of benzene rings is 1. The van der Waals surface area contributed by atoms with Crippen LogP contribution in [0.2, 0.25) is 10.0 Å². The Morgan fingerprint density at radius 1 is 1.19 bits per heavy atom. The van der Waals surface area contributed by atoms with E-state index in [4.69, 9.17) is 37.8 Å². The number of aliphatic carboxylic acids is 1. The van der Waals surface area contributed by atoms with E-state index in [1.54, 1.807) is 0 Å². The van der Waals surface area contributed by atoms with E-state index in [1.165, 1.54) is 14.0 Å². The Kier molecular flexibility index (Phi) is 7.12. The maximum Gasteiger partial charge on any atom is 0.431 e. The Hall–Kier alpha value is -2.92. The van der Waals surface area contributed by atoms with E-state index in [0.717, 1.165) is 25.3 Å². The van der Waals surface area contributed by atoms with Crippen LogP contribution in [0.3, 0.4) is 0 Å². The van der Waals surface area contributed by atoms with Crippen molar-refractivity contribution in [1.82, 2.24) is 9.13 Å². The highest BCUT2D eigenvalue weighted by Crippen LogP contribution is 2.34. The molecule has 0 radical (unpaired) electrons. The molecule has 1 heterocycles. The number of rotatable bonds is 6. The van der Waals surface area contributed by atoms with Crippen molar-refractivity contribution < 1.29 is 32.5 Å². The van der Waals surface area contributed by atoms with Gasteiger partial charge in [-0.2, -0.15) is 13.2 Å². The molecular weight excluding hydrogens is 468 g/mol. The third-order valence-electron chi connectivity index (χ3n) is 4.06. The molecule has 1 N–H and O–H groups in total. The first-order chi connectivity index (χ1) is 14.3. The number of alkyl halides is 3. The van der Waals surface area contributed by atoms with Crippen molar-refractivity contribution in [1.29, 1.82) is 0 Å². The topological polar surface area (TPSA) is 99.8 Å². The average molecular weight is 483 g/mol. The summed E-state index contributed by atoms with van der Waals surface area (Å²) in [7, 11) is 2.07. The molecule has 0 bridgehead atoms. The van der Waals surface area contributed by atoms with Crippen molar-refractivity contribution in [3.05, 3.63) is 66.6 Å². The van der Waals surface area contributed by atoms with Crippen LogP contribution in [0.4, 0.5) is 13.2 Å². The molecule has 2 rings (SSSR count). The fraction of sp³-hybridized carbons (Fsp3) is 0.278. The summed E-state index contributed by atoms with van der Waals surface area (Å²) in [5.74, 6) is -1.51. The van der Waals surface area contributed by atoms with Crippen molar-refractivity contribution in [2.24, 2.45) is 7.05 Å². The number of aromatic nitrogens is 2. The highest BCUT2D eigenvalue weighted by molar-refractivity contribution is 6.36. The average Bonchev–Trinajstić information content (AvgIpc) is 2.64. The van der Waals surface area contributed by atoms with Gasteiger partial charge in [0, 0.05) is 19.2 Å². The lowest BCUT2D eigenvalue weighted by atomic mass is 10.2. The molecule has 168 valence electrons. The summed E-state index contributed by atoms with van der Waals surface area (Å²) in [6, 6.07) is 2.46. The fourth-order valence-electron chi connectivity index (χ4n) is 2.61. The standard InChI is InChI=1S/C18H15Cl2F3N2O6/c1-8(12(30-3)6-16(27)28)31-13-5-11(9(19)4-10(13)20)25-15(26)7-14(18(21,22)23)24(2)17(25)29/h4-8H,1-3H3,(H,27,28)/b12-6-. The molecule has 0 amide bonds. The first-order valence-corrected chi connectivity index (χ1v) is 9.08. The first kappa shape index (κ1) is 24.4. The van der Waals surface area contributed by atoms with Gasteiger partial charge in [0.05, 0.1) is 28.9 Å². The molecule has 0 fully saturated rings. The molecule has 31 heavy (non-hydrogen) atoms. The summed E-state index contributed by atoms with van der Waals surface area (Å²) in [6.07, 6.45) is -5.14. The molecule has 0 saturated carbocycles. The van der Waals surface area contributed by atoms with Gasteiger partial charge in [-0.3, -0.25) is 9.36 Å². The third kappa shape index (κ3) is 5.23. The summed E-state index contributed by atoms with van der Waals surface area (Å²) in [5.41, 5.74) is -4.29. The van der Waals surface area contributed by atoms with Crippen LogP contribution in [0.25, 0.3) is 5.69 Å². The van der Waals surface area contributed by atoms with Gasteiger partial charge < -0.3 is 14.6 Å². The second kappa shape index (κ2) is 9.06. The highest BCUT2D eigenvalue weighted by Gasteiger charge is 2.35. The van der Waals surface area contributed by atoms with Crippen molar-refractivity contribution in [2.75, 3.05) is 7.11 Å². The highest BCUT2D eigenvalue weighted by atomic mass is 35.5. The van der Waals surface area contributed by atoms with E-state index in [0.29, 0.717) is 4.57 Å². The quantitative estimate of drug-likeness (QED) is 0.501. The lowest BCUT2D eigenvalue weighted by Gasteiger charge is -2.19.